The van der Waals surface area contributed by atoms with E-state index in [4.69, 9.17) is 0 Å². The van der Waals surface area contributed by atoms with Crippen LogP contribution < -0.4 is 4.90 Å². The summed E-state index contributed by atoms with van der Waals surface area (Å²) in [5.41, 5.74) is 0.103. The van der Waals surface area contributed by atoms with Gasteiger partial charge in [0.1, 0.15) is 5.82 Å². The van der Waals surface area contributed by atoms with Gasteiger partial charge in [-0.1, -0.05) is 12.1 Å². The first-order valence-corrected chi connectivity index (χ1v) is 6.07. The van der Waals surface area contributed by atoms with Crippen LogP contribution in [0.1, 0.15) is 15.9 Å². The highest BCUT2D eigenvalue weighted by Gasteiger charge is 2.37. The lowest BCUT2D eigenvalue weighted by Crippen LogP contribution is -2.29. The van der Waals surface area contributed by atoms with E-state index in [-0.39, 0.29) is 23.4 Å². The van der Waals surface area contributed by atoms with Crippen LogP contribution in [0, 0.1) is 17.5 Å². The summed E-state index contributed by atoms with van der Waals surface area (Å²) in [5.74, 6) is -4.51. The fourth-order valence-electron chi connectivity index (χ4n) is 2.28. The second kappa shape index (κ2) is 4.73. The number of ketones is 1. The second-order valence-corrected chi connectivity index (χ2v) is 4.60. The molecule has 1 aliphatic rings. The Bertz CT molecular complexity index is 774. The molecule has 2 aromatic rings. The number of anilines is 1. The highest BCUT2D eigenvalue weighted by Crippen LogP contribution is 2.32. The molecule has 0 unspecified atom stereocenters. The van der Waals surface area contributed by atoms with Gasteiger partial charge in [0, 0.05) is 0 Å². The molecule has 1 aliphatic heterocycles. The number of hydrogen-bond acceptors (Lipinski definition) is 2. The number of fused-ring (bicyclic) bond motifs is 1. The third-order valence-electron chi connectivity index (χ3n) is 3.27. The second-order valence-electron chi connectivity index (χ2n) is 4.60. The monoisotopic (exact) mass is 291 g/mol. The maximum atomic E-state index is 13.9. The molecule has 21 heavy (non-hydrogen) atoms. The fraction of sp³-hybridized carbons (Fsp3) is 0.0667. The summed E-state index contributed by atoms with van der Waals surface area (Å²) in [4.78, 5) is 24.6. The van der Waals surface area contributed by atoms with Crippen LogP contribution in [0.2, 0.25) is 0 Å². The topological polar surface area (TPSA) is 37.4 Å². The summed E-state index contributed by atoms with van der Waals surface area (Å²) in [5, 5.41) is 0. The summed E-state index contributed by atoms with van der Waals surface area (Å²) >= 11 is 0. The summed E-state index contributed by atoms with van der Waals surface area (Å²) in [6.45, 7) is -0.213. The van der Waals surface area contributed by atoms with Crippen LogP contribution in [0.4, 0.5) is 18.9 Å². The lowest BCUT2D eigenvalue weighted by Gasteiger charge is -2.17. The Labute approximate surface area is 117 Å². The molecule has 0 saturated heterocycles. The smallest absolute Gasteiger partial charge is 0.298 e. The minimum Gasteiger partial charge on any atom is -0.298 e. The Kier molecular flexibility index (Phi) is 3.01. The molecular weight excluding hydrogens is 283 g/mol. The zero-order valence-electron chi connectivity index (χ0n) is 10.6. The molecule has 0 fully saturated rings. The van der Waals surface area contributed by atoms with Gasteiger partial charge in [-0.2, -0.15) is 0 Å². The SMILES string of the molecule is O=C1C(=O)N(Cc2ccc(F)c(F)c2)c2c(F)cccc21. The number of hydrogen-bond donors (Lipinski definition) is 0. The Morgan fingerprint density at radius 2 is 1.67 bits per heavy atom. The van der Waals surface area contributed by atoms with Crippen LogP contribution in [0.5, 0.6) is 0 Å². The van der Waals surface area contributed by atoms with E-state index in [0.717, 1.165) is 23.1 Å². The van der Waals surface area contributed by atoms with Crippen LogP contribution >= 0.6 is 0 Å². The average Bonchev–Trinajstić information content (AvgIpc) is 2.69. The van der Waals surface area contributed by atoms with Gasteiger partial charge >= 0.3 is 0 Å². The predicted molar refractivity (Wildman–Crippen MR) is 68.3 cm³/mol. The third-order valence-corrected chi connectivity index (χ3v) is 3.27. The third kappa shape index (κ3) is 2.08. The molecule has 0 bridgehead atoms. The number of carbonyl (C=O) groups is 2. The molecule has 106 valence electrons. The zero-order chi connectivity index (χ0) is 15.1. The van der Waals surface area contributed by atoms with E-state index in [1.165, 1.54) is 18.2 Å². The quantitative estimate of drug-likeness (QED) is 0.798. The maximum Gasteiger partial charge on any atom is 0.299 e. The molecule has 0 spiro atoms. The van der Waals surface area contributed by atoms with Gasteiger partial charge in [-0.25, -0.2) is 13.2 Å². The van der Waals surface area contributed by atoms with E-state index >= 15 is 0 Å². The Morgan fingerprint density at radius 1 is 0.905 bits per heavy atom. The summed E-state index contributed by atoms with van der Waals surface area (Å²) in [6.07, 6.45) is 0. The number of para-hydroxylation sites is 1. The average molecular weight is 291 g/mol. The molecule has 0 N–H and O–H groups in total. The van der Waals surface area contributed by atoms with E-state index < -0.39 is 29.1 Å². The molecule has 0 saturated carbocycles. The van der Waals surface area contributed by atoms with E-state index in [1.54, 1.807) is 0 Å². The van der Waals surface area contributed by atoms with Gasteiger partial charge in [-0.15, -0.1) is 0 Å². The van der Waals surface area contributed by atoms with Crippen molar-refractivity contribution < 1.29 is 22.8 Å². The van der Waals surface area contributed by atoms with Gasteiger partial charge < -0.3 is 0 Å². The van der Waals surface area contributed by atoms with Crippen LogP contribution in [-0.4, -0.2) is 11.7 Å². The van der Waals surface area contributed by atoms with Crippen molar-refractivity contribution in [3.63, 3.8) is 0 Å². The van der Waals surface area contributed by atoms with Crippen molar-refractivity contribution in [1.29, 1.82) is 0 Å². The molecule has 3 nitrogen and oxygen atoms in total. The minimum atomic E-state index is -1.07. The highest BCUT2D eigenvalue weighted by atomic mass is 19.2. The maximum absolute atomic E-state index is 13.9. The van der Waals surface area contributed by atoms with Gasteiger partial charge in [0.05, 0.1) is 17.8 Å². The fourth-order valence-corrected chi connectivity index (χ4v) is 2.28. The number of rotatable bonds is 2. The molecule has 3 rings (SSSR count). The van der Waals surface area contributed by atoms with Gasteiger partial charge in [0.2, 0.25) is 0 Å². The predicted octanol–water partition coefficient (Wildman–Crippen LogP) is 2.83. The first-order chi connectivity index (χ1) is 9.99. The standard InChI is InChI=1S/C15H8F3NO2/c16-10-5-4-8(6-12(10)18)7-19-13-9(14(20)15(19)21)2-1-3-11(13)17/h1-6H,7H2. The summed E-state index contributed by atoms with van der Waals surface area (Å²) < 4.78 is 39.9. The number of benzene rings is 2. The van der Waals surface area contributed by atoms with Crippen molar-refractivity contribution in [3.8, 4) is 0 Å². The van der Waals surface area contributed by atoms with Gasteiger partial charge in [0.15, 0.2) is 11.6 Å². The molecule has 1 amide bonds. The van der Waals surface area contributed by atoms with E-state index in [0.29, 0.717) is 0 Å². The number of halogens is 3. The number of amides is 1. The number of Topliss-reactive ketones (excluding diaryl/α,β-unsaturated/α-hetero) is 1. The van der Waals surface area contributed by atoms with Gasteiger partial charge in [0.25, 0.3) is 11.7 Å². The Morgan fingerprint density at radius 3 is 2.38 bits per heavy atom. The van der Waals surface area contributed by atoms with Crippen molar-refractivity contribution in [2.45, 2.75) is 6.54 Å². The van der Waals surface area contributed by atoms with Gasteiger partial charge in [-0.05, 0) is 29.8 Å². The summed E-state index contributed by atoms with van der Waals surface area (Å²) in [7, 11) is 0. The van der Waals surface area contributed by atoms with Crippen molar-refractivity contribution >= 4 is 17.4 Å². The van der Waals surface area contributed by atoms with Crippen LogP contribution in [-0.2, 0) is 11.3 Å². The molecule has 6 heteroatoms. The molecule has 2 aromatic carbocycles. The van der Waals surface area contributed by atoms with Gasteiger partial charge in [-0.3, -0.25) is 14.5 Å². The minimum absolute atomic E-state index is 0.0254. The molecule has 0 aliphatic carbocycles. The van der Waals surface area contributed by atoms with Crippen molar-refractivity contribution in [1.82, 2.24) is 0 Å². The number of nitrogens with zero attached hydrogens (tertiary/aromatic N) is 1. The molecule has 0 radical (unpaired) electrons. The molecule has 1 heterocycles. The molecular formula is C15H8F3NO2. The van der Waals surface area contributed by atoms with Crippen molar-refractivity contribution in [3.05, 3.63) is 65.0 Å². The first kappa shape index (κ1) is 13.4. The van der Waals surface area contributed by atoms with E-state index in [1.807, 2.05) is 0 Å². The van der Waals surface area contributed by atoms with Crippen molar-refractivity contribution in [2.75, 3.05) is 4.90 Å². The molecule has 0 atom stereocenters. The van der Waals surface area contributed by atoms with Crippen molar-refractivity contribution in [2.24, 2.45) is 0 Å². The lowest BCUT2D eigenvalue weighted by molar-refractivity contribution is -0.114. The summed E-state index contributed by atoms with van der Waals surface area (Å²) in [6, 6.07) is 6.91. The van der Waals surface area contributed by atoms with E-state index in [9.17, 15) is 22.8 Å². The number of carbonyl (C=O) groups excluding carboxylic acids is 2. The molecule has 0 aromatic heterocycles. The Hall–Kier alpha value is -2.63. The Balaban J connectivity index is 2.02. The van der Waals surface area contributed by atoms with Crippen LogP contribution in [0.15, 0.2) is 36.4 Å². The first-order valence-electron chi connectivity index (χ1n) is 6.07. The van der Waals surface area contributed by atoms with E-state index in [2.05, 4.69) is 0 Å². The van der Waals surface area contributed by atoms with Crippen LogP contribution in [0.3, 0.4) is 0 Å². The largest absolute Gasteiger partial charge is 0.299 e. The van der Waals surface area contributed by atoms with Crippen LogP contribution in [0.25, 0.3) is 0 Å². The highest BCUT2D eigenvalue weighted by molar-refractivity contribution is 6.52. The normalized spacial score (nSPS) is 13.8. The zero-order valence-corrected chi connectivity index (χ0v) is 10.6. The lowest BCUT2D eigenvalue weighted by atomic mass is 10.1.